The molecule has 5 saturated carbocycles. The minimum Gasteiger partial charge on any atom is -0.0689 e. The molecule has 0 aromatic rings. The first-order valence-corrected chi connectivity index (χ1v) is 18.7. The summed E-state index contributed by atoms with van der Waals surface area (Å²) in [7, 11) is -1.37. The van der Waals surface area contributed by atoms with E-state index in [9.17, 15) is 0 Å². The number of hydrogen-bond acceptors (Lipinski definition) is 0. The monoisotopic (exact) mass is 470 g/mol. The molecule has 0 aromatic heterocycles. The maximum Gasteiger partial charge on any atom is 0.0546 e. The molecule has 0 N–H and O–H groups in total. The second kappa shape index (κ2) is 8.95. The van der Waals surface area contributed by atoms with Gasteiger partial charge in [0.2, 0.25) is 0 Å². The van der Waals surface area contributed by atoms with Crippen molar-refractivity contribution in [2.45, 2.75) is 124 Å². The van der Waals surface area contributed by atoms with Crippen molar-refractivity contribution in [3.8, 4) is 0 Å². The topological polar surface area (TPSA) is 0 Å². The predicted octanol–water partition coefficient (Wildman–Crippen LogP) is 9.77. The zero-order valence-corrected chi connectivity index (χ0v) is 24.8. The summed E-state index contributed by atoms with van der Waals surface area (Å²) in [6.45, 7) is 24.2. The van der Waals surface area contributed by atoms with Crippen LogP contribution < -0.4 is 0 Å². The number of fused-ring (bicyclic) bond motifs is 2. The maximum absolute atomic E-state index is 2.89. The molecular weight excluding hydrogens is 412 g/mol. The van der Waals surface area contributed by atoms with Crippen molar-refractivity contribution in [3.63, 3.8) is 0 Å². The second-order valence-electron chi connectivity index (χ2n) is 15.6. The van der Waals surface area contributed by atoms with Gasteiger partial charge in [-0.25, -0.2) is 0 Å². The molecule has 0 nitrogen and oxygen atoms in total. The van der Waals surface area contributed by atoms with Crippen LogP contribution in [0.15, 0.2) is 0 Å². The predicted molar refractivity (Wildman–Crippen MR) is 147 cm³/mol. The Labute approximate surface area is 208 Å². The second-order valence-corrected chi connectivity index (χ2v) is 20.6. The van der Waals surface area contributed by atoms with E-state index in [1.807, 2.05) is 0 Å². The van der Waals surface area contributed by atoms with Gasteiger partial charge in [-0.2, -0.15) is 0 Å². The lowest BCUT2D eigenvalue weighted by atomic mass is 9.55. The van der Waals surface area contributed by atoms with E-state index in [0.717, 1.165) is 88.0 Å². The summed E-state index contributed by atoms with van der Waals surface area (Å²) >= 11 is 0. The van der Waals surface area contributed by atoms with Gasteiger partial charge in [0.05, 0.1) is 8.07 Å². The van der Waals surface area contributed by atoms with Crippen molar-refractivity contribution in [2.24, 2.45) is 76.9 Å². The lowest BCUT2D eigenvalue weighted by Gasteiger charge is -2.53. The van der Waals surface area contributed by atoms with Crippen LogP contribution in [-0.2, 0) is 0 Å². The van der Waals surface area contributed by atoms with Crippen LogP contribution in [0.4, 0.5) is 0 Å². The van der Waals surface area contributed by atoms with Crippen molar-refractivity contribution in [1.82, 2.24) is 0 Å². The van der Waals surface area contributed by atoms with E-state index in [2.05, 4.69) is 61.6 Å². The van der Waals surface area contributed by atoms with Gasteiger partial charge in [-0.15, -0.1) is 0 Å². The summed E-state index contributed by atoms with van der Waals surface area (Å²) in [4.78, 5) is 0. The molecular formula is C32H58Si. The molecule has 14 unspecified atom stereocenters. The van der Waals surface area contributed by atoms with Crippen molar-refractivity contribution in [3.05, 3.63) is 0 Å². The average molecular weight is 471 g/mol. The van der Waals surface area contributed by atoms with Crippen LogP contribution in [0, 0.1) is 76.9 Å². The van der Waals surface area contributed by atoms with E-state index < -0.39 is 8.07 Å². The molecule has 0 bridgehead atoms. The molecule has 14 atom stereocenters. The summed E-state index contributed by atoms with van der Waals surface area (Å²) in [5.41, 5.74) is 2.14. The van der Waals surface area contributed by atoms with Gasteiger partial charge >= 0.3 is 0 Å². The quantitative estimate of drug-likeness (QED) is 0.360. The molecule has 0 aromatic carbocycles. The van der Waals surface area contributed by atoms with Crippen LogP contribution in [-0.4, -0.2) is 8.07 Å². The Morgan fingerprint density at radius 2 is 1.18 bits per heavy atom. The lowest BCUT2D eigenvalue weighted by Crippen LogP contribution is -2.49. The first-order chi connectivity index (χ1) is 15.5. The molecule has 0 heterocycles. The number of hydrogen-bond donors (Lipinski definition) is 0. The molecule has 5 fully saturated rings. The van der Waals surface area contributed by atoms with E-state index in [0.29, 0.717) is 0 Å². The molecule has 1 heteroatoms. The van der Waals surface area contributed by atoms with E-state index >= 15 is 0 Å². The smallest absolute Gasteiger partial charge is 0.0546 e. The Kier molecular flexibility index (Phi) is 6.75. The molecule has 0 amide bonds. The zero-order chi connectivity index (χ0) is 23.8. The van der Waals surface area contributed by atoms with Crippen LogP contribution in [0.5, 0.6) is 0 Å². The normalized spacial score (nSPS) is 57.2. The van der Waals surface area contributed by atoms with Gasteiger partial charge in [-0.05, 0) is 114 Å². The molecule has 5 aliphatic rings. The van der Waals surface area contributed by atoms with Crippen LogP contribution in [0.3, 0.4) is 0 Å². The van der Waals surface area contributed by atoms with Crippen LogP contribution >= 0.6 is 0 Å². The first kappa shape index (κ1) is 24.9. The lowest BCUT2D eigenvalue weighted by molar-refractivity contribution is -0.0127. The minimum atomic E-state index is -1.37. The Morgan fingerprint density at radius 3 is 1.85 bits per heavy atom. The highest BCUT2D eigenvalue weighted by Crippen LogP contribution is 2.68. The molecule has 5 rings (SSSR count). The van der Waals surface area contributed by atoms with Gasteiger partial charge < -0.3 is 0 Å². The van der Waals surface area contributed by atoms with Crippen molar-refractivity contribution in [1.29, 1.82) is 0 Å². The third-order valence-electron chi connectivity index (χ3n) is 13.9. The van der Waals surface area contributed by atoms with Crippen LogP contribution in [0.1, 0.15) is 99.8 Å². The maximum atomic E-state index is 2.89. The Morgan fingerprint density at radius 1 is 0.515 bits per heavy atom. The fourth-order valence-electron chi connectivity index (χ4n) is 12.4. The third-order valence-corrected chi connectivity index (χ3v) is 19.4. The van der Waals surface area contributed by atoms with E-state index in [1.54, 1.807) is 38.5 Å². The van der Waals surface area contributed by atoms with Crippen molar-refractivity contribution >= 4 is 8.07 Å². The van der Waals surface area contributed by atoms with Crippen molar-refractivity contribution < 1.29 is 0 Å². The SMILES string of the molecule is CC1CCC(C)C(C2C3CCCC3CC3C2CC(C)C3[Si](C)(C)C2C(C)C(C)C(C)C2C)C1. The van der Waals surface area contributed by atoms with Gasteiger partial charge in [0.1, 0.15) is 0 Å². The molecule has 0 radical (unpaired) electrons. The molecule has 0 saturated heterocycles. The zero-order valence-electron chi connectivity index (χ0n) is 23.8. The highest BCUT2D eigenvalue weighted by molar-refractivity contribution is 6.80. The summed E-state index contributed by atoms with van der Waals surface area (Å²) < 4.78 is 0. The van der Waals surface area contributed by atoms with Gasteiger partial charge in [0.15, 0.2) is 0 Å². The molecule has 5 aliphatic carbocycles. The summed E-state index contributed by atoms with van der Waals surface area (Å²) in [5.74, 6) is 13.2. The van der Waals surface area contributed by atoms with Crippen molar-refractivity contribution in [2.75, 3.05) is 0 Å². The van der Waals surface area contributed by atoms with E-state index in [4.69, 9.17) is 0 Å². The van der Waals surface area contributed by atoms with Gasteiger partial charge in [0.25, 0.3) is 0 Å². The highest BCUT2D eigenvalue weighted by Gasteiger charge is 2.61. The Balaban J connectivity index is 1.48. The fraction of sp³-hybridized carbons (Fsp3) is 1.00. The highest BCUT2D eigenvalue weighted by atomic mass is 28.3. The van der Waals surface area contributed by atoms with E-state index in [-0.39, 0.29) is 0 Å². The summed E-state index contributed by atoms with van der Waals surface area (Å²) in [6.07, 6.45) is 12.5. The van der Waals surface area contributed by atoms with Gasteiger partial charge in [-0.3, -0.25) is 0 Å². The van der Waals surface area contributed by atoms with Crippen LogP contribution in [0.2, 0.25) is 24.2 Å². The fourth-order valence-corrected chi connectivity index (χ4v) is 19.3. The third kappa shape index (κ3) is 3.87. The van der Waals surface area contributed by atoms with Gasteiger partial charge in [0, 0.05) is 0 Å². The summed E-state index contributed by atoms with van der Waals surface area (Å²) in [5, 5.41) is 0. The molecule has 0 spiro atoms. The average Bonchev–Trinajstić information content (AvgIpc) is 3.40. The Bertz CT molecular complexity index is 683. The van der Waals surface area contributed by atoms with Gasteiger partial charge in [-0.1, -0.05) is 87.2 Å². The Hall–Kier alpha value is 0.217. The minimum absolute atomic E-state index is 0.923. The standard InChI is InChI=1S/C32H58Si/c1-18-13-14-19(2)27(15-18)30-26-12-10-11-25(26)17-29-28(30)16-20(3)31(29)33(8,9)32-23(6)21(4)22(5)24(32)7/h18-32H,10-17H2,1-9H3. The van der Waals surface area contributed by atoms with E-state index in [1.165, 1.54) is 12.8 Å². The molecule has 33 heavy (non-hydrogen) atoms. The number of rotatable bonds is 3. The van der Waals surface area contributed by atoms with Crippen LogP contribution in [0.25, 0.3) is 0 Å². The molecule has 0 aliphatic heterocycles. The molecule has 190 valence electrons. The summed E-state index contributed by atoms with van der Waals surface area (Å²) in [6, 6.07) is 0. The first-order valence-electron chi connectivity index (χ1n) is 15.5. The largest absolute Gasteiger partial charge is 0.0689 e.